The van der Waals surface area contributed by atoms with Gasteiger partial charge in [0, 0.05) is 6.54 Å². The maximum atomic E-state index is 10.3. The highest BCUT2D eigenvalue weighted by Gasteiger charge is 2.11. The Labute approximate surface area is 73.8 Å². The van der Waals surface area contributed by atoms with Crippen molar-refractivity contribution in [3.05, 3.63) is 0 Å². The molecule has 0 aliphatic heterocycles. The van der Waals surface area contributed by atoms with Gasteiger partial charge in [-0.3, -0.25) is 4.79 Å². The second-order valence-electron chi connectivity index (χ2n) is 2.59. The fourth-order valence-corrected chi connectivity index (χ4v) is 0.675. The minimum atomic E-state index is -0.722. The monoisotopic (exact) mass is 181 g/mol. The van der Waals surface area contributed by atoms with Crippen LogP contribution in [0.3, 0.4) is 0 Å². The Kier molecular flexibility index (Phi) is 7.79. The first-order valence-corrected chi connectivity index (χ1v) is 3.49. The number of hydrogen-bond donors (Lipinski definition) is 1. The van der Waals surface area contributed by atoms with Gasteiger partial charge in [0.25, 0.3) is 0 Å². The Bertz CT molecular complexity index is 119. The van der Waals surface area contributed by atoms with Crippen molar-refractivity contribution >= 4 is 18.4 Å². The van der Waals surface area contributed by atoms with Gasteiger partial charge in [0.1, 0.15) is 0 Å². The largest absolute Gasteiger partial charge is 0.481 e. The van der Waals surface area contributed by atoms with Crippen LogP contribution in [0.25, 0.3) is 0 Å². The molecule has 1 unspecified atom stereocenters. The summed E-state index contributed by atoms with van der Waals surface area (Å²) in [6, 6.07) is 0. The molecule has 0 aliphatic carbocycles. The van der Waals surface area contributed by atoms with Crippen molar-refractivity contribution in [2.24, 2.45) is 5.92 Å². The van der Waals surface area contributed by atoms with Crippen molar-refractivity contribution in [3.8, 4) is 0 Å². The Hall–Kier alpha value is -0.280. The SMILES string of the molecule is CCN(C)CC(C)C(=O)O.Cl. The number of rotatable bonds is 4. The summed E-state index contributed by atoms with van der Waals surface area (Å²) in [6.45, 7) is 5.26. The van der Waals surface area contributed by atoms with Crippen LogP contribution in [0.5, 0.6) is 0 Å². The predicted molar refractivity (Wildman–Crippen MR) is 47.2 cm³/mol. The second-order valence-corrected chi connectivity index (χ2v) is 2.59. The van der Waals surface area contributed by atoms with E-state index in [0.29, 0.717) is 6.54 Å². The van der Waals surface area contributed by atoms with Gasteiger partial charge in [-0.2, -0.15) is 0 Å². The zero-order valence-electron chi connectivity index (χ0n) is 7.20. The molecule has 3 nitrogen and oxygen atoms in total. The molecular formula is C7H16ClNO2. The predicted octanol–water partition coefficient (Wildman–Crippen LogP) is 1.08. The molecule has 0 amide bonds. The van der Waals surface area contributed by atoms with Gasteiger partial charge in [0.2, 0.25) is 0 Å². The van der Waals surface area contributed by atoms with Crippen molar-refractivity contribution in [2.45, 2.75) is 13.8 Å². The zero-order chi connectivity index (χ0) is 8.15. The van der Waals surface area contributed by atoms with Crippen molar-refractivity contribution < 1.29 is 9.90 Å². The van der Waals surface area contributed by atoms with Crippen LogP contribution < -0.4 is 0 Å². The van der Waals surface area contributed by atoms with Gasteiger partial charge in [0.05, 0.1) is 5.92 Å². The van der Waals surface area contributed by atoms with E-state index in [1.54, 1.807) is 6.92 Å². The molecule has 0 saturated carbocycles. The number of aliphatic carboxylic acids is 1. The number of carboxylic acid groups (broad SMARTS) is 1. The summed E-state index contributed by atoms with van der Waals surface area (Å²) in [4.78, 5) is 12.3. The van der Waals surface area contributed by atoms with E-state index in [4.69, 9.17) is 5.11 Å². The molecule has 0 aliphatic rings. The van der Waals surface area contributed by atoms with E-state index >= 15 is 0 Å². The van der Waals surface area contributed by atoms with Crippen LogP contribution in [0.4, 0.5) is 0 Å². The highest BCUT2D eigenvalue weighted by molar-refractivity contribution is 5.85. The van der Waals surface area contributed by atoms with Gasteiger partial charge in [-0.25, -0.2) is 0 Å². The minimum Gasteiger partial charge on any atom is -0.481 e. The summed E-state index contributed by atoms with van der Waals surface area (Å²) >= 11 is 0. The summed E-state index contributed by atoms with van der Waals surface area (Å²) in [5, 5.41) is 8.50. The Balaban J connectivity index is 0. The molecule has 0 heterocycles. The molecule has 0 radical (unpaired) electrons. The van der Waals surface area contributed by atoms with Crippen molar-refractivity contribution in [2.75, 3.05) is 20.1 Å². The van der Waals surface area contributed by atoms with Crippen molar-refractivity contribution in [1.82, 2.24) is 4.90 Å². The van der Waals surface area contributed by atoms with Crippen molar-refractivity contribution in [3.63, 3.8) is 0 Å². The molecule has 0 aromatic rings. The third kappa shape index (κ3) is 6.13. The lowest BCUT2D eigenvalue weighted by Gasteiger charge is -2.15. The van der Waals surface area contributed by atoms with Crippen molar-refractivity contribution in [1.29, 1.82) is 0 Å². The molecule has 1 atom stereocenters. The van der Waals surface area contributed by atoms with E-state index in [0.717, 1.165) is 6.54 Å². The van der Waals surface area contributed by atoms with Gasteiger partial charge < -0.3 is 10.0 Å². The van der Waals surface area contributed by atoms with E-state index in [-0.39, 0.29) is 18.3 Å². The first-order valence-electron chi connectivity index (χ1n) is 3.49. The van der Waals surface area contributed by atoms with Gasteiger partial charge in [-0.05, 0) is 13.6 Å². The van der Waals surface area contributed by atoms with E-state index in [9.17, 15) is 4.79 Å². The molecule has 0 saturated heterocycles. The smallest absolute Gasteiger partial charge is 0.307 e. The van der Waals surface area contributed by atoms with E-state index in [1.165, 1.54) is 0 Å². The zero-order valence-corrected chi connectivity index (χ0v) is 8.02. The number of hydrogen-bond acceptors (Lipinski definition) is 2. The van der Waals surface area contributed by atoms with E-state index in [2.05, 4.69) is 0 Å². The number of carbonyl (C=O) groups is 1. The number of carboxylic acids is 1. The van der Waals surface area contributed by atoms with Crippen LogP contribution in [0.1, 0.15) is 13.8 Å². The molecule has 0 rings (SSSR count). The Morgan fingerprint density at radius 3 is 2.36 bits per heavy atom. The molecule has 0 fully saturated rings. The third-order valence-electron chi connectivity index (χ3n) is 1.55. The van der Waals surface area contributed by atoms with Crippen LogP contribution in [0.2, 0.25) is 0 Å². The van der Waals surface area contributed by atoms with Gasteiger partial charge in [-0.1, -0.05) is 13.8 Å². The highest BCUT2D eigenvalue weighted by Crippen LogP contribution is 1.96. The molecule has 68 valence electrons. The molecule has 0 aromatic heterocycles. The van der Waals surface area contributed by atoms with Gasteiger partial charge in [0.15, 0.2) is 0 Å². The number of halogens is 1. The normalized spacial score (nSPS) is 12.4. The second kappa shape index (κ2) is 6.43. The summed E-state index contributed by atoms with van der Waals surface area (Å²) < 4.78 is 0. The lowest BCUT2D eigenvalue weighted by atomic mass is 10.2. The first-order chi connectivity index (χ1) is 4.57. The van der Waals surface area contributed by atoms with Gasteiger partial charge >= 0.3 is 5.97 Å². The molecule has 4 heteroatoms. The van der Waals surface area contributed by atoms with Crippen LogP contribution in [0.15, 0.2) is 0 Å². The summed E-state index contributed by atoms with van der Waals surface area (Å²) in [5.41, 5.74) is 0. The van der Waals surface area contributed by atoms with Crippen LogP contribution in [-0.2, 0) is 4.79 Å². The lowest BCUT2D eigenvalue weighted by molar-refractivity contribution is -0.141. The number of nitrogens with zero attached hydrogens (tertiary/aromatic N) is 1. The molecule has 0 aromatic carbocycles. The lowest BCUT2D eigenvalue weighted by Crippen LogP contribution is -2.28. The standard InChI is InChI=1S/C7H15NO2.ClH/c1-4-8(3)5-6(2)7(9)10;/h6H,4-5H2,1-3H3,(H,9,10);1H. The fourth-order valence-electron chi connectivity index (χ4n) is 0.675. The quantitative estimate of drug-likeness (QED) is 0.706. The maximum Gasteiger partial charge on any atom is 0.307 e. The Morgan fingerprint density at radius 2 is 2.09 bits per heavy atom. The van der Waals surface area contributed by atoms with E-state index < -0.39 is 5.97 Å². The molecular weight excluding hydrogens is 166 g/mol. The fraction of sp³-hybridized carbons (Fsp3) is 0.857. The van der Waals surface area contributed by atoms with E-state index in [1.807, 2.05) is 18.9 Å². The first kappa shape index (κ1) is 13.3. The minimum absolute atomic E-state index is 0. The Morgan fingerprint density at radius 1 is 1.64 bits per heavy atom. The highest BCUT2D eigenvalue weighted by atomic mass is 35.5. The molecule has 0 spiro atoms. The molecule has 1 N–H and O–H groups in total. The average Bonchev–Trinajstić information content (AvgIpc) is 1.87. The maximum absolute atomic E-state index is 10.3. The van der Waals surface area contributed by atoms with Crippen LogP contribution in [0, 0.1) is 5.92 Å². The summed E-state index contributed by atoms with van der Waals surface area (Å²) in [6.07, 6.45) is 0. The van der Waals surface area contributed by atoms with Crippen LogP contribution in [-0.4, -0.2) is 36.1 Å². The molecule has 11 heavy (non-hydrogen) atoms. The topological polar surface area (TPSA) is 40.5 Å². The summed E-state index contributed by atoms with van der Waals surface area (Å²) in [5.74, 6) is -0.981. The van der Waals surface area contributed by atoms with Gasteiger partial charge in [-0.15, -0.1) is 12.4 Å². The summed E-state index contributed by atoms with van der Waals surface area (Å²) in [7, 11) is 1.92. The van der Waals surface area contributed by atoms with Crippen LogP contribution >= 0.6 is 12.4 Å². The average molecular weight is 182 g/mol. The molecule has 0 bridgehead atoms. The third-order valence-corrected chi connectivity index (χ3v) is 1.55.